The molecule has 0 fully saturated rings. The quantitative estimate of drug-likeness (QED) is 0.160. The first kappa shape index (κ1) is 30.3. The van der Waals surface area contributed by atoms with Crippen LogP contribution in [0.4, 0.5) is 0 Å². The van der Waals surface area contributed by atoms with Gasteiger partial charge in [0.2, 0.25) is 18.5 Å². The third-order valence-electron chi connectivity index (χ3n) is 7.51. The molecule has 2 atom stereocenters. The van der Waals surface area contributed by atoms with Crippen molar-refractivity contribution in [1.82, 2.24) is 29.9 Å². The zero-order valence-corrected chi connectivity index (χ0v) is 28.1. The molecule has 0 bridgehead atoms. The number of aromatic amines is 4. The zero-order valence-electron chi connectivity index (χ0n) is 24.0. The fourth-order valence-electron chi connectivity index (χ4n) is 5.55. The lowest BCUT2D eigenvalue weighted by Crippen LogP contribution is -2.07. The molecule has 18 heteroatoms. The third-order valence-corrected chi connectivity index (χ3v) is 17.2. The van der Waals surface area contributed by atoms with Crippen LogP contribution in [0.3, 0.4) is 0 Å². The van der Waals surface area contributed by atoms with Gasteiger partial charge in [0, 0.05) is 70.6 Å². The van der Waals surface area contributed by atoms with E-state index in [1.165, 1.54) is 23.3 Å². The molecular formula is C30H20N6O7S5. The van der Waals surface area contributed by atoms with Crippen LogP contribution in [0.15, 0.2) is 114 Å². The van der Waals surface area contributed by atoms with Gasteiger partial charge in [-0.1, -0.05) is 0 Å². The lowest BCUT2D eigenvalue weighted by Gasteiger charge is -2.12. The number of allylic oxidation sites excluding steroid dienone is 4. The largest absolute Gasteiger partial charge is 0.464 e. The summed E-state index contributed by atoms with van der Waals surface area (Å²) < 4.78 is 77.2. The van der Waals surface area contributed by atoms with Crippen molar-refractivity contribution in [2.75, 3.05) is 0 Å². The number of imidazole rings is 2. The lowest BCUT2D eigenvalue weighted by molar-refractivity contribution is 0.555. The maximum atomic E-state index is 14.8. The van der Waals surface area contributed by atoms with Crippen molar-refractivity contribution in [3.8, 4) is 45.3 Å². The number of furan rings is 2. The first-order valence-corrected chi connectivity index (χ1v) is 20.8. The van der Waals surface area contributed by atoms with Gasteiger partial charge >= 0.3 is 0 Å². The first-order valence-electron chi connectivity index (χ1n) is 13.9. The summed E-state index contributed by atoms with van der Waals surface area (Å²) >= 11 is 0. The first-order chi connectivity index (χ1) is 23.4. The predicted molar refractivity (Wildman–Crippen MR) is 185 cm³/mol. The second-order valence-corrected chi connectivity index (χ2v) is 19.0. The summed E-state index contributed by atoms with van der Waals surface area (Å²) in [6.07, 6.45) is 16.1. The Morgan fingerprint density at radius 1 is 0.562 bits per heavy atom. The Morgan fingerprint density at radius 3 is 1.42 bits per heavy atom. The van der Waals surface area contributed by atoms with E-state index in [0.29, 0.717) is 34.2 Å². The van der Waals surface area contributed by atoms with Crippen LogP contribution in [0.25, 0.3) is 56.4 Å². The molecule has 2 aliphatic rings. The van der Waals surface area contributed by atoms with E-state index < -0.39 is 48.2 Å². The minimum atomic E-state index is -2.72. The molecule has 0 spiro atoms. The Hall–Kier alpha value is -5.01. The average molecular weight is 737 g/mol. The third kappa shape index (κ3) is 4.96. The van der Waals surface area contributed by atoms with Crippen LogP contribution in [0, 0.1) is 0 Å². The van der Waals surface area contributed by atoms with E-state index in [1.54, 1.807) is 61.5 Å². The second-order valence-electron chi connectivity index (χ2n) is 10.0. The molecule has 6 aromatic heterocycles. The standard InChI is InChI=1S/C30H20N6O7S5/c37-46(29-21(5-15-44(29)47(38)39)25-17(3-13-42-25)23-19(1-7-31-23)27-33-9-10-34-27)30-22(6-16-45(30)48(40)41)26-18(4-14-43-26)24-20(2-8-32-24)28-35-11-12-36-28/h1-16,31-32H,(H,33,34)(H,35,36). The van der Waals surface area contributed by atoms with Gasteiger partial charge in [0.05, 0.1) is 23.9 Å². The number of aromatic nitrogens is 6. The van der Waals surface area contributed by atoms with Crippen LogP contribution < -0.4 is 0 Å². The van der Waals surface area contributed by atoms with Crippen LogP contribution in [-0.4, -0.2) is 50.9 Å². The zero-order chi connectivity index (χ0) is 32.9. The van der Waals surface area contributed by atoms with Crippen LogP contribution in [0.5, 0.6) is 0 Å². The summed E-state index contributed by atoms with van der Waals surface area (Å²) in [5, 5.41) is 2.86. The van der Waals surface area contributed by atoms with Gasteiger partial charge in [-0.25, -0.2) is 14.2 Å². The molecule has 0 saturated carbocycles. The van der Waals surface area contributed by atoms with E-state index in [9.17, 15) is 21.0 Å². The van der Waals surface area contributed by atoms with Crippen molar-refractivity contribution >= 4 is 59.4 Å². The number of rotatable bonds is 8. The maximum absolute atomic E-state index is 14.8. The molecule has 0 aromatic carbocycles. The Labute approximate surface area is 280 Å². The molecule has 4 N–H and O–H groups in total. The second kappa shape index (κ2) is 12.2. The number of nitrogens with one attached hydrogen (secondary N) is 4. The minimum Gasteiger partial charge on any atom is -0.464 e. The van der Waals surface area contributed by atoms with Crippen molar-refractivity contribution in [3.63, 3.8) is 0 Å². The highest BCUT2D eigenvalue weighted by Gasteiger charge is 2.35. The molecule has 242 valence electrons. The molecule has 0 amide bonds. The van der Waals surface area contributed by atoms with Crippen molar-refractivity contribution in [2.45, 2.75) is 0 Å². The van der Waals surface area contributed by atoms with Crippen molar-refractivity contribution in [1.29, 1.82) is 0 Å². The minimum absolute atomic E-state index is 0.00552. The summed E-state index contributed by atoms with van der Waals surface area (Å²) in [7, 11) is -11.1. The molecule has 2 aliphatic heterocycles. The van der Waals surface area contributed by atoms with Gasteiger partial charge in [-0.3, -0.25) is 0 Å². The highest BCUT2D eigenvalue weighted by Crippen LogP contribution is 2.45. The fraction of sp³-hybridized carbons (Fsp3) is 0. The Balaban J connectivity index is 1.32. The molecule has 6 aromatic rings. The summed E-state index contributed by atoms with van der Waals surface area (Å²) in [6, 6.07) is 7.08. The molecule has 48 heavy (non-hydrogen) atoms. The summed E-state index contributed by atoms with van der Waals surface area (Å²) in [6.45, 7) is 0. The SMILES string of the molecule is O=S(C1=C(c2occc2-c2[nH]ccc2-c2ncc[nH]2)C=CS1=S(=O)=O)C1=C(c2occc2-c2[nH]ccc2-c2ncc[nH]2)C=CS1=S(=O)=O. The van der Waals surface area contributed by atoms with Crippen molar-refractivity contribution in [3.05, 3.63) is 117 Å². The van der Waals surface area contributed by atoms with Crippen molar-refractivity contribution in [2.24, 2.45) is 0 Å². The molecule has 13 nitrogen and oxygen atoms in total. The van der Waals surface area contributed by atoms with E-state index in [1.807, 2.05) is 12.1 Å². The fourth-order valence-corrected chi connectivity index (χ4v) is 14.8. The molecule has 0 aliphatic carbocycles. The van der Waals surface area contributed by atoms with Gasteiger partial charge < -0.3 is 28.8 Å². The monoisotopic (exact) mass is 736 g/mol. The molecule has 2 unspecified atom stereocenters. The van der Waals surface area contributed by atoms with Gasteiger partial charge in [-0.2, -0.15) is 16.8 Å². The summed E-state index contributed by atoms with van der Waals surface area (Å²) in [5.41, 5.74) is 4.41. The van der Waals surface area contributed by atoms with Gasteiger partial charge in [0.25, 0.3) is 0 Å². The highest BCUT2D eigenvalue weighted by molar-refractivity contribution is 8.46. The molecule has 8 rings (SSSR count). The lowest BCUT2D eigenvalue weighted by atomic mass is 10.0. The van der Waals surface area contributed by atoms with Gasteiger partial charge in [0.15, 0.2) is 0 Å². The normalized spacial score (nSPS) is 18.0. The van der Waals surface area contributed by atoms with Crippen LogP contribution >= 0.6 is 0 Å². The molecule has 0 saturated heterocycles. The van der Waals surface area contributed by atoms with E-state index in [4.69, 9.17) is 8.83 Å². The number of hydrogen-bond donors (Lipinski definition) is 4. The van der Waals surface area contributed by atoms with E-state index in [0.717, 1.165) is 11.1 Å². The Morgan fingerprint density at radius 2 is 1.02 bits per heavy atom. The number of H-pyrrole nitrogens is 4. The predicted octanol–water partition coefficient (Wildman–Crippen LogP) is 5.31. The topological polar surface area (TPSA) is 201 Å². The smallest absolute Gasteiger partial charge is 0.249 e. The van der Waals surface area contributed by atoms with Crippen LogP contribution in [-0.2, 0) is 48.2 Å². The van der Waals surface area contributed by atoms with Crippen molar-refractivity contribution < 1.29 is 29.9 Å². The number of nitrogens with zero attached hydrogens (tertiary/aromatic N) is 2. The van der Waals surface area contributed by atoms with Crippen LogP contribution in [0.2, 0.25) is 0 Å². The average Bonchev–Trinajstić information content (AvgIpc) is 3.94. The maximum Gasteiger partial charge on any atom is 0.249 e. The van der Waals surface area contributed by atoms with Gasteiger partial charge in [-0.15, -0.1) is 0 Å². The van der Waals surface area contributed by atoms with Gasteiger partial charge in [0.1, 0.15) is 42.4 Å². The number of hydrogen-bond acceptors (Lipinski definition) is 9. The molecule has 0 radical (unpaired) electrons. The Bertz CT molecular complexity index is 2500. The van der Waals surface area contributed by atoms with Gasteiger partial charge in [-0.05, 0) is 66.1 Å². The highest BCUT2D eigenvalue weighted by atomic mass is 32.9. The summed E-state index contributed by atoms with van der Waals surface area (Å²) in [4.78, 5) is 21.2. The Kier molecular flexibility index (Phi) is 7.72. The summed E-state index contributed by atoms with van der Waals surface area (Å²) in [5.74, 6) is 1.71. The van der Waals surface area contributed by atoms with E-state index in [2.05, 4.69) is 29.9 Å². The van der Waals surface area contributed by atoms with Crippen LogP contribution in [0.1, 0.15) is 11.5 Å². The molecular weight excluding hydrogens is 717 g/mol. The van der Waals surface area contributed by atoms with E-state index >= 15 is 0 Å². The van der Waals surface area contributed by atoms with E-state index in [-0.39, 0.29) is 31.1 Å². The molecule has 8 heterocycles.